The van der Waals surface area contributed by atoms with Gasteiger partial charge in [-0.3, -0.25) is 4.98 Å². The van der Waals surface area contributed by atoms with Crippen molar-refractivity contribution in [3.05, 3.63) is 30.1 Å². The van der Waals surface area contributed by atoms with Crippen LogP contribution in [0.1, 0.15) is 70.4 Å². The van der Waals surface area contributed by atoms with Gasteiger partial charge in [-0.2, -0.15) is 0 Å². The second-order valence-corrected chi connectivity index (χ2v) is 6.92. The summed E-state index contributed by atoms with van der Waals surface area (Å²) in [7, 11) is 0. The molecule has 0 amide bonds. The number of hydrogen-bond donors (Lipinski definition) is 1. The van der Waals surface area contributed by atoms with E-state index in [1.807, 2.05) is 12.3 Å². The van der Waals surface area contributed by atoms with E-state index in [0.29, 0.717) is 6.04 Å². The molecule has 128 valence electrons. The molecule has 23 heavy (non-hydrogen) atoms. The van der Waals surface area contributed by atoms with Gasteiger partial charge in [-0.25, -0.2) is 0 Å². The van der Waals surface area contributed by atoms with Crippen molar-refractivity contribution < 1.29 is 0 Å². The Balaban J connectivity index is 1.82. The zero-order valence-electron chi connectivity index (χ0n) is 14.5. The molecule has 1 saturated carbocycles. The summed E-state index contributed by atoms with van der Waals surface area (Å²) in [5.74, 6) is 0. The molecule has 1 aliphatic carbocycles. The summed E-state index contributed by atoms with van der Waals surface area (Å²) in [6.45, 7) is 4.08. The molecule has 0 atom stereocenters. The van der Waals surface area contributed by atoms with Gasteiger partial charge in [0.15, 0.2) is 5.11 Å². The van der Waals surface area contributed by atoms with Gasteiger partial charge in [0.1, 0.15) is 0 Å². The van der Waals surface area contributed by atoms with Gasteiger partial charge in [-0.05, 0) is 43.6 Å². The van der Waals surface area contributed by atoms with E-state index in [1.165, 1.54) is 57.8 Å². The molecule has 4 heteroatoms. The van der Waals surface area contributed by atoms with E-state index in [-0.39, 0.29) is 0 Å². The van der Waals surface area contributed by atoms with Gasteiger partial charge in [0.05, 0.1) is 12.2 Å². The molecule has 0 radical (unpaired) electrons. The van der Waals surface area contributed by atoms with Crippen molar-refractivity contribution in [1.82, 2.24) is 15.2 Å². The summed E-state index contributed by atoms with van der Waals surface area (Å²) in [5.41, 5.74) is 1.10. The number of aromatic nitrogens is 1. The lowest BCUT2D eigenvalue weighted by atomic mass is 10.1. The SMILES string of the molecule is CCCCCCCNC(=S)N(Cc1ccccn1)C1CCCC1. The van der Waals surface area contributed by atoms with Crippen LogP contribution in [0.2, 0.25) is 0 Å². The maximum Gasteiger partial charge on any atom is 0.169 e. The predicted octanol–water partition coefficient (Wildman–Crippen LogP) is 4.67. The molecule has 0 aromatic carbocycles. The molecule has 1 aliphatic rings. The Bertz CT molecular complexity index is 443. The van der Waals surface area contributed by atoms with Crippen LogP contribution in [-0.2, 0) is 6.54 Å². The van der Waals surface area contributed by atoms with Crippen LogP contribution in [-0.4, -0.2) is 27.6 Å². The van der Waals surface area contributed by atoms with Crippen molar-refractivity contribution in [1.29, 1.82) is 0 Å². The number of nitrogens with one attached hydrogen (secondary N) is 1. The van der Waals surface area contributed by atoms with Gasteiger partial charge in [-0.1, -0.05) is 51.5 Å². The Hall–Kier alpha value is -1.16. The number of pyridine rings is 1. The van der Waals surface area contributed by atoms with E-state index in [2.05, 4.69) is 34.3 Å². The second-order valence-electron chi connectivity index (χ2n) is 6.53. The lowest BCUT2D eigenvalue weighted by Gasteiger charge is -2.31. The smallest absolute Gasteiger partial charge is 0.169 e. The molecular weight excluding hydrogens is 302 g/mol. The van der Waals surface area contributed by atoms with Crippen LogP contribution in [0.3, 0.4) is 0 Å². The Kier molecular flexibility index (Phi) is 8.37. The van der Waals surface area contributed by atoms with Crippen molar-refractivity contribution in [2.45, 2.75) is 77.3 Å². The molecule has 0 saturated heterocycles. The molecule has 0 aliphatic heterocycles. The topological polar surface area (TPSA) is 28.2 Å². The first-order chi connectivity index (χ1) is 11.3. The lowest BCUT2D eigenvalue weighted by Crippen LogP contribution is -2.45. The van der Waals surface area contributed by atoms with Gasteiger partial charge in [0.2, 0.25) is 0 Å². The van der Waals surface area contributed by atoms with E-state index in [9.17, 15) is 0 Å². The van der Waals surface area contributed by atoms with Crippen LogP contribution in [0.15, 0.2) is 24.4 Å². The maximum absolute atomic E-state index is 5.70. The Labute approximate surface area is 146 Å². The highest BCUT2D eigenvalue weighted by Gasteiger charge is 2.24. The van der Waals surface area contributed by atoms with Crippen LogP contribution < -0.4 is 5.32 Å². The fourth-order valence-corrected chi connectivity index (χ4v) is 3.59. The minimum absolute atomic E-state index is 0.581. The molecule has 3 nitrogen and oxygen atoms in total. The molecule has 2 rings (SSSR count). The molecule has 0 spiro atoms. The number of rotatable bonds is 9. The maximum atomic E-state index is 5.70. The molecule has 1 N–H and O–H groups in total. The van der Waals surface area contributed by atoms with Gasteiger partial charge < -0.3 is 10.2 Å². The summed E-state index contributed by atoms with van der Waals surface area (Å²) < 4.78 is 0. The van der Waals surface area contributed by atoms with Crippen LogP contribution in [0.5, 0.6) is 0 Å². The lowest BCUT2D eigenvalue weighted by molar-refractivity contribution is 0.300. The summed E-state index contributed by atoms with van der Waals surface area (Å²) in [6.07, 6.45) is 13.5. The highest BCUT2D eigenvalue weighted by Crippen LogP contribution is 2.24. The third-order valence-corrected chi connectivity index (χ3v) is 5.02. The van der Waals surface area contributed by atoms with Crippen LogP contribution in [0, 0.1) is 0 Å². The van der Waals surface area contributed by atoms with E-state index < -0.39 is 0 Å². The first kappa shape index (κ1) is 18.2. The minimum Gasteiger partial charge on any atom is -0.363 e. The average molecular weight is 334 g/mol. The van der Waals surface area contributed by atoms with E-state index >= 15 is 0 Å². The fourth-order valence-electron chi connectivity index (χ4n) is 3.27. The van der Waals surface area contributed by atoms with E-state index in [0.717, 1.165) is 23.9 Å². The number of unbranched alkanes of at least 4 members (excludes halogenated alkanes) is 4. The van der Waals surface area contributed by atoms with Crippen molar-refractivity contribution in [2.24, 2.45) is 0 Å². The Morgan fingerprint density at radius 2 is 2.00 bits per heavy atom. The van der Waals surface area contributed by atoms with Crippen LogP contribution in [0.25, 0.3) is 0 Å². The third-order valence-electron chi connectivity index (χ3n) is 4.64. The molecule has 1 aromatic rings. The molecule has 0 unspecified atom stereocenters. The fraction of sp³-hybridized carbons (Fsp3) is 0.684. The average Bonchev–Trinajstić information content (AvgIpc) is 3.11. The number of nitrogens with zero attached hydrogens (tertiary/aromatic N) is 2. The number of hydrogen-bond acceptors (Lipinski definition) is 2. The largest absolute Gasteiger partial charge is 0.363 e. The summed E-state index contributed by atoms with van der Waals surface area (Å²) in [4.78, 5) is 6.85. The van der Waals surface area contributed by atoms with Crippen molar-refractivity contribution >= 4 is 17.3 Å². The quantitative estimate of drug-likeness (QED) is 0.525. The Morgan fingerprint density at radius 1 is 1.22 bits per heavy atom. The van der Waals surface area contributed by atoms with Crippen LogP contribution in [0.4, 0.5) is 0 Å². The molecule has 0 bridgehead atoms. The molecule has 1 fully saturated rings. The van der Waals surface area contributed by atoms with E-state index in [1.54, 1.807) is 0 Å². The third kappa shape index (κ3) is 6.46. The summed E-state index contributed by atoms with van der Waals surface area (Å²) in [5, 5.41) is 4.40. The Morgan fingerprint density at radius 3 is 2.70 bits per heavy atom. The van der Waals surface area contributed by atoms with Crippen LogP contribution >= 0.6 is 12.2 Å². The normalized spacial score (nSPS) is 14.8. The predicted molar refractivity (Wildman–Crippen MR) is 101 cm³/mol. The van der Waals surface area contributed by atoms with Gasteiger partial charge in [0.25, 0.3) is 0 Å². The zero-order chi connectivity index (χ0) is 16.3. The standard InChI is InChI=1S/C19H31N3S/c1-2-3-4-5-9-15-21-19(23)22(18-12-6-7-13-18)16-17-11-8-10-14-20-17/h8,10-11,14,18H,2-7,9,12-13,15-16H2,1H3,(H,21,23). The van der Waals surface area contributed by atoms with Gasteiger partial charge in [0, 0.05) is 18.8 Å². The minimum atomic E-state index is 0.581. The zero-order valence-corrected chi connectivity index (χ0v) is 15.3. The van der Waals surface area contributed by atoms with Crippen molar-refractivity contribution in [3.63, 3.8) is 0 Å². The van der Waals surface area contributed by atoms with Crippen molar-refractivity contribution in [3.8, 4) is 0 Å². The molecule has 1 aromatic heterocycles. The van der Waals surface area contributed by atoms with Gasteiger partial charge >= 0.3 is 0 Å². The van der Waals surface area contributed by atoms with Gasteiger partial charge in [-0.15, -0.1) is 0 Å². The summed E-state index contributed by atoms with van der Waals surface area (Å²) >= 11 is 5.70. The first-order valence-corrected chi connectivity index (χ1v) is 9.66. The molecular formula is C19H31N3S. The van der Waals surface area contributed by atoms with Crippen molar-refractivity contribution in [2.75, 3.05) is 6.54 Å². The molecule has 1 heterocycles. The van der Waals surface area contributed by atoms with E-state index in [4.69, 9.17) is 12.2 Å². The number of thiocarbonyl (C=S) groups is 1. The second kappa shape index (κ2) is 10.6. The summed E-state index contributed by atoms with van der Waals surface area (Å²) in [6, 6.07) is 6.70. The highest BCUT2D eigenvalue weighted by atomic mass is 32.1. The first-order valence-electron chi connectivity index (χ1n) is 9.25. The monoisotopic (exact) mass is 333 g/mol. The highest BCUT2D eigenvalue weighted by molar-refractivity contribution is 7.80.